The van der Waals surface area contributed by atoms with Crippen LogP contribution in [0, 0.1) is 11.7 Å². The number of hydrogen-bond acceptors (Lipinski definition) is 5. The van der Waals surface area contributed by atoms with Gasteiger partial charge in [-0.25, -0.2) is 9.07 Å². The molecule has 9 heteroatoms. The summed E-state index contributed by atoms with van der Waals surface area (Å²) in [7, 11) is 0. The molecule has 178 valence electrons. The van der Waals surface area contributed by atoms with Crippen LogP contribution in [0.4, 0.5) is 4.39 Å². The van der Waals surface area contributed by atoms with E-state index in [-0.39, 0.29) is 29.6 Å². The summed E-state index contributed by atoms with van der Waals surface area (Å²) in [6, 6.07) is 7.73. The third-order valence-corrected chi connectivity index (χ3v) is 6.30. The summed E-state index contributed by atoms with van der Waals surface area (Å²) in [6.45, 7) is 6.35. The summed E-state index contributed by atoms with van der Waals surface area (Å²) in [5, 5.41) is 10.9. The van der Waals surface area contributed by atoms with Gasteiger partial charge in [0, 0.05) is 24.5 Å². The molecule has 1 fully saturated rings. The zero-order valence-corrected chi connectivity index (χ0v) is 19.6. The van der Waals surface area contributed by atoms with Gasteiger partial charge < -0.3 is 10.2 Å². The number of benzene rings is 1. The van der Waals surface area contributed by atoms with Gasteiger partial charge in [-0.15, -0.1) is 5.10 Å². The van der Waals surface area contributed by atoms with Crippen LogP contribution in [-0.4, -0.2) is 49.3 Å². The van der Waals surface area contributed by atoms with Gasteiger partial charge in [0.1, 0.15) is 17.9 Å². The van der Waals surface area contributed by atoms with E-state index in [9.17, 15) is 14.0 Å². The summed E-state index contributed by atoms with van der Waals surface area (Å²) in [5.41, 5.74) is 2.11. The molecule has 1 aliphatic rings. The first-order chi connectivity index (χ1) is 16.4. The third kappa shape index (κ3) is 4.83. The number of rotatable bonds is 7. The Labute approximate surface area is 198 Å². The van der Waals surface area contributed by atoms with Crippen molar-refractivity contribution in [1.82, 2.24) is 30.2 Å². The predicted octanol–water partition coefficient (Wildman–Crippen LogP) is 3.54. The van der Waals surface area contributed by atoms with Crippen LogP contribution in [0.15, 0.2) is 55.1 Å². The van der Waals surface area contributed by atoms with Gasteiger partial charge >= 0.3 is 0 Å². The van der Waals surface area contributed by atoms with E-state index in [4.69, 9.17) is 0 Å². The van der Waals surface area contributed by atoms with Gasteiger partial charge in [-0.3, -0.25) is 14.6 Å². The molecule has 0 radical (unpaired) electrons. The largest absolute Gasteiger partial charge is 0.348 e. The Hall–Kier alpha value is -3.62. The molecular formula is C25H29FN6O2. The molecule has 0 spiro atoms. The topological polar surface area (TPSA) is 93.0 Å². The summed E-state index contributed by atoms with van der Waals surface area (Å²) in [5.74, 6) is -0.674. The maximum absolute atomic E-state index is 14.0. The van der Waals surface area contributed by atoms with Crippen LogP contribution in [0.3, 0.4) is 0 Å². The average Bonchev–Trinajstić information content (AvgIpc) is 3.52. The van der Waals surface area contributed by atoms with Crippen LogP contribution < -0.4 is 5.32 Å². The van der Waals surface area contributed by atoms with E-state index in [2.05, 4.69) is 20.6 Å². The summed E-state index contributed by atoms with van der Waals surface area (Å²) in [4.78, 5) is 32.0. The SMILES string of the molecule is CC(NC(=O)C1CCCN1C(=O)C(C(C)C)n1ccnn1)c1ccc(-c2ccncc2F)cc1. The fraction of sp³-hybridized carbons (Fsp3) is 0.400. The molecule has 3 atom stereocenters. The molecule has 1 saturated heterocycles. The highest BCUT2D eigenvalue weighted by atomic mass is 19.1. The highest BCUT2D eigenvalue weighted by Crippen LogP contribution is 2.27. The molecule has 1 aromatic carbocycles. The second-order valence-corrected chi connectivity index (χ2v) is 8.97. The highest BCUT2D eigenvalue weighted by Gasteiger charge is 2.39. The Kier molecular flexibility index (Phi) is 7.00. The number of amides is 2. The van der Waals surface area contributed by atoms with Crippen molar-refractivity contribution >= 4 is 11.8 Å². The van der Waals surface area contributed by atoms with E-state index in [0.717, 1.165) is 17.5 Å². The van der Waals surface area contributed by atoms with E-state index >= 15 is 0 Å². The van der Waals surface area contributed by atoms with Crippen molar-refractivity contribution in [1.29, 1.82) is 0 Å². The van der Waals surface area contributed by atoms with Crippen molar-refractivity contribution in [2.24, 2.45) is 5.92 Å². The molecule has 3 aromatic rings. The number of nitrogens with one attached hydrogen (secondary N) is 1. The minimum Gasteiger partial charge on any atom is -0.348 e. The normalized spacial score (nSPS) is 17.6. The first-order valence-electron chi connectivity index (χ1n) is 11.5. The second kappa shape index (κ2) is 10.1. The number of hydrogen-bond donors (Lipinski definition) is 1. The fourth-order valence-electron chi connectivity index (χ4n) is 4.50. The molecule has 4 rings (SSSR count). The summed E-state index contributed by atoms with van der Waals surface area (Å²) >= 11 is 0. The van der Waals surface area contributed by atoms with Gasteiger partial charge in [-0.2, -0.15) is 0 Å². The van der Waals surface area contributed by atoms with Gasteiger partial charge in [0.2, 0.25) is 11.8 Å². The van der Waals surface area contributed by atoms with Crippen molar-refractivity contribution in [2.75, 3.05) is 6.54 Å². The molecule has 0 saturated carbocycles. The molecule has 2 aromatic heterocycles. The van der Waals surface area contributed by atoms with Crippen LogP contribution in [0.5, 0.6) is 0 Å². The van der Waals surface area contributed by atoms with Crippen molar-refractivity contribution in [3.63, 3.8) is 0 Å². The van der Waals surface area contributed by atoms with Crippen molar-refractivity contribution in [2.45, 2.75) is 51.7 Å². The predicted molar refractivity (Wildman–Crippen MR) is 125 cm³/mol. The van der Waals surface area contributed by atoms with Crippen LogP contribution in [-0.2, 0) is 9.59 Å². The number of halogens is 1. The zero-order chi connectivity index (χ0) is 24.2. The summed E-state index contributed by atoms with van der Waals surface area (Å²) < 4.78 is 15.6. The number of likely N-dealkylation sites (tertiary alicyclic amines) is 1. The lowest BCUT2D eigenvalue weighted by Gasteiger charge is -2.30. The number of nitrogens with zero attached hydrogens (tertiary/aromatic N) is 5. The Bertz CT molecular complexity index is 1130. The molecule has 0 aliphatic carbocycles. The molecule has 3 heterocycles. The maximum atomic E-state index is 14.0. The molecular weight excluding hydrogens is 435 g/mol. The third-order valence-electron chi connectivity index (χ3n) is 6.30. The lowest BCUT2D eigenvalue weighted by molar-refractivity contribution is -0.142. The Morgan fingerprint density at radius 3 is 2.53 bits per heavy atom. The quantitative estimate of drug-likeness (QED) is 0.577. The standard InChI is InChI=1S/C25H29FN6O2/c1-16(2)23(32-14-12-28-30-32)25(34)31-13-4-5-22(31)24(33)29-17(3)18-6-8-19(9-7-18)20-10-11-27-15-21(20)26/h6-12,14-17,22-23H,4-5,13H2,1-3H3,(H,29,33). The minimum absolute atomic E-state index is 0.00109. The van der Waals surface area contributed by atoms with Gasteiger partial charge in [-0.1, -0.05) is 43.3 Å². The monoisotopic (exact) mass is 464 g/mol. The molecule has 3 unspecified atom stereocenters. The molecule has 1 N–H and O–H groups in total. The lowest BCUT2D eigenvalue weighted by Crippen LogP contribution is -2.49. The Morgan fingerprint density at radius 1 is 1.12 bits per heavy atom. The lowest BCUT2D eigenvalue weighted by atomic mass is 10.0. The van der Waals surface area contributed by atoms with Crippen LogP contribution >= 0.6 is 0 Å². The number of pyridine rings is 1. The Morgan fingerprint density at radius 2 is 1.88 bits per heavy atom. The van der Waals surface area contributed by atoms with E-state index in [1.165, 1.54) is 6.20 Å². The van der Waals surface area contributed by atoms with E-state index < -0.39 is 12.1 Å². The zero-order valence-electron chi connectivity index (χ0n) is 19.6. The van der Waals surface area contributed by atoms with Crippen LogP contribution in [0.25, 0.3) is 11.1 Å². The minimum atomic E-state index is -0.523. The average molecular weight is 465 g/mol. The molecule has 34 heavy (non-hydrogen) atoms. The summed E-state index contributed by atoms with van der Waals surface area (Å²) in [6.07, 6.45) is 7.35. The van der Waals surface area contributed by atoms with Crippen molar-refractivity contribution < 1.29 is 14.0 Å². The number of aromatic nitrogens is 4. The molecule has 8 nitrogen and oxygen atoms in total. The van der Waals surface area contributed by atoms with E-state index in [1.54, 1.807) is 34.2 Å². The number of carbonyl (C=O) groups is 2. The van der Waals surface area contributed by atoms with Crippen molar-refractivity contribution in [3.8, 4) is 11.1 Å². The molecule has 2 amide bonds. The first-order valence-corrected chi connectivity index (χ1v) is 11.5. The smallest absolute Gasteiger partial charge is 0.248 e. The maximum Gasteiger partial charge on any atom is 0.248 e. The van der Waals surface area contributed by atoms with Gasteiger partial charge in [0.25, 0.3) is 0 Å². The first kappa shape index (κ1) is 23.5. The number of carbonyl (C=O) groups excluding carboxylic acids is 2. The second-order valence-electron chi connectivity index (χ2n) is 8.97. The van der Waals surface area contributed by atoms with E-state index in [0.29, 0.717) is 18.5 Å². The van der Waals surface area contributed by atoms with E-state index in [1.807, 2.05) is 45.0 Å². The van der Waals surface area contributed by atoms with Gasteiger partial charge in [-0.05, 0) is 42.9 Å². The highest BCUT2D eigenvalue weighted by molar-refractivity contribution is 5.90. The van der Waals surface area contributed by atoms with Crippen LogP contribution in [0.1, 0.15) is 51.3 Å². The molecule has 1 aliphatic heterocycles. The van der Waals surface area contributed by atoms with Gasteiger partial charge in [0.15, 0.2) is 0 Å². The van der Waals surface area contributed by atoms with Crippen molar-refractivity contribution in [3.05, 3.63) is 66.5 Å². The Balaban J connectivity index is 1.44. The van der Waals surface area contributed by atoms with Crippen LogP contribution in [0.2, 0.25) is 0 Å². The fourth-order valence-corrected chi connectivity index (χ4v) is 4.50. The van der Waals surface area contributed by atoms with Gasteiger partial charge in [0.05, 0.1) is 18.4 Å². The molecule has 0 bridgehead atoms.